The van der Waals surface area contributed by atoms with Crippen molar-refractivity contribution in [3.63, 3.8) is 0 Å². The van der Waals surface area contributed by atoms with Crippen molar-refractivity contribution in [2.24, 2.45) is 5.14 Å². The quantitative estimate of drug-likeness (QED) is 0.663. The molecular weight excluding hydrogens is 398 g/mol. The van der Waals surface area contributed by atoms with E-state index in [4.69, 9.17) is 5.14 Å². The van der Waals surface area contributed by atoms with Crippen LogP contribution in [-0.4, -0.2) is 18.0 Å². The van der Waals surface area contributed by atoms with Crippen LogP contribution in [0, 0.1) is 12.7 Å². The SMILES string of the molecule is Cc1ccc(Cn2cc(C(F)(F)F)nc2-c2ccc(S(N)(=O)=O)cc2F)cc1. The minimum Gasteiger partial charge on any atom is -0.326 e. The fourth-order valence-electron chi connectivity index (χ4n) is 2.63. The number of primary sulfonamides is 1. The highest BCUT2D eigenvalue weighted by Crippen LogP contribution is 2.32. The van der Waals surface area contributed by atoms with Gasteiger partial charge < -0.3 is 4.57 Å². The van der Waals surface area contributed by atoms with Gasteiger partial charge in [-0.1, -0.05) is 29.8 Å². The molecule has 0 saturated carbocycles. The highest BCUT2D eigenvalue weighted by atomic mass is 32.2. The predicted octanol–water partition coefficient (Wildman–Crippen LogP) is 3.71. The van der Waals surface area contributed by atoms with Crippen LogP contribution in [0.1, 0.15) is 16.8 Å². The van der Waals surface area contributed by atoms with Crippen LogP contribution in [0.4, 0.5) is 17.6 Å². The van der Waals surface area contributed by atoms with Gasteiger partial charge in [0.1, 0.15) is 11.6 Å². The number of imidazole rings is 1. The lowest BCUT2D eigenvalue weighted by molar-refractivity contribution is -0.140. The summed E-state index contributed by atoms with van der Waals surface area (Å²) in [5, 5.41) is 4.96. The van der Waals surface area contributed by atoms with Crippen LogP contribution in [0.15, 0.2) is 53.6 Å². The van der Waals surface area contributed by atoms with E-state index in [1.807, 2.05) is 6.92 Å². The van der Waals surface area contributed by atoms with Gasteiger partial charge >= 0.3 is 6.18 Å². The zero-order valence-electron chi connectivity index (χ0n) is 14.5. The first-order valence-electron chi connectivity index (χ1n) is 7.98. The molecule has 0 atom stereocenters. The van der Waals surface area contributed by atoms with E-state index < -0.39 is 32.6 Å². The van der Waals surface area contributed by atoms with Gasteiger partial charge in [0, 0.05) is 12.7 Å². The van der Waals surface area contributed by atoms with E-state index >= 15 is 0 Å². The molecule has 0 aliphatic heterocycles. The monoisotopic (exact) mass is 413 g/mol. The maximum Gasteiger partial charge on any atom is 0.434 e. The smallest absolute Gasteiger partial charge is 0.326 e. The van der Waals surface area contributed by atoms with E-state index in [0.29, 0.717) is 11.6 Å². The maximum atomic E-state index is 14.5. The lowest BCUT2D eigenvalue weighted by Gasteiger charge is -2.10. The van der Waals surface area contributed by atoms with Crippen LogP contribution in [-0.2, 0) is 22.7 Å². The van der Waals surface area contributed by atoms with Gasteiger partial charge in [0.05, 0.1) is 10.5 Å². The summed E-state index contributed by atoms with van der Waals surface area (Å²) in [4.78, 5) is 3.05. The molecule has 0 radical (unpaired) electrons. The van der Waals surface area contributed by atoms with Crippen LogP contribution < -0.4 is 5.14 Å². The number of rotatable bonds is 4. The summed E-state index contributed by atoms with van der Waals surface area (Å²) >= 11 is 0. The summed E-state index contributed by atoms with van der Waals surface area (Å²) < 4.78 is 77.8. The number of aryl methyl sites for hydroxylation is 1. The lowest BCUT2D eigenvalue weighted by Crippen LogP contribution is -2.12. The summed E-state index contributed by atoms with van der Waals surface area (Å²) in [6, 6.07) is 9.81. The minimum absolute atomic E-state index is 0.0229. The lowest BCUT2D eigenvalue weighted by atomic mass is 10.1. The van der Waals surface area contributed by atoms with Crippen LogP contribution in [0.25, 0.3) is 11.4 Å². The maximum absolute atomic E-state index is 14.5. The molecule has 28 heavy (non-hydrogen) atoms. The molecule has 2 N–H and O–H groups in total. The fourth-order valence-corrected chi connectivity index (χ4v) is 3.16. The number of hydrogen-bond acceptors (Lipinski definition) is 3. The first kappa shape index (κ1) is 20.0. The molecule has 0 unspecified atom stereocenters. The molecule has 0 bridgehead atoms. The second kappa shape index (κ2) is 7.02. The molecule has 1 heterocycles. The van der Waals surface area contributed by atoms with Crippen LogP contribution in [0.5, 0.6) is 0 Å². The van der Waals surface area contributed by atoms with Gasteiger partial charge in [-0.15, -0.1) is 0 Å². The number of nitrogens with zero attached hydrogens (tertiary/aromatic N) is 2. The third-order valence-corrected chi connectivity index (χ3v) is 4.96. The summed E-state index contributed by atoms with van der Waals surface area (Å²) in [7, 11) is -4.15. The third-order valence-electron chi connectivity index (χ3n) is 4.05. The van der Waals surface area contributed by atoms with Gasteiger partial charge in [-0.05, 0) is 30.7 Å². The summed E-state index contributed by atoms with van der Waals surface area (Å²) in [6.07, 6.45) is -3.92. The van der Waals surface area contributed by atoms with E-state index in [1.165, 1.54) is 4.57 Å². The Balaban J connectivity index is 2.11. The molecule has 3 aromatic rings. The van der Waals surface area contributed by atoms with Crippen molar-refractivity contribution >= 4 is 10.0 Å². The molecular formula is C18H15F4N3O2S. The standard InChI is InChI=1S/C18H15F4N3O2S/c1-11-2-4-12(5-3-11)9-25-10-16(18(20,21)22)24-17(25)14-7-6-13(8-15(14)19)28(23,26)27/h2-8,10H,9H2,1H3,(H2,23,26,27). The molecule has 0 spiro atoms. The zero-order valence-corrected chi connectivity index (χ0v) is 15.4. The largest absolute Gasteiger partial charge is 0.434 e. The Hall–Kier alpha value is -2.72. The number of alkyl halides is 3. The number of aromatic nitrogens is 2. The summed E-state index contributed by atoms with van der Waals surface area (Å²) in [5.74, 6) is -1.32. The van der Waals surface area contributed by atoms with Crippen molar-refractivity contribution in [2.75, 3.05) is 0 Å². The zero-order chi connectivity index (χ0) is 20.7. The van der Waals surface area contributed by atoms with E-state index in [1.54, 1.807) is 24.3 Å². The van der Waals surface area contributed by atoms with E-state index in [9.17, 15) is 26.0 Å². The summed E-state index contributed by atoms with van der Waals surface area (Å²) in [5.41, 5.74) is 0.231. The van der Waals surface area contributed by atoms with Gasteiger partial charge in [-0.2, -0.15) is 13.2 Å². The van der Waals surface area contributed by atoms with Crippen molar-refractivity contribution in [3.05, 3.63) is 71.3 Å². The number of hydrogen-bond donors (Lipinski definition) is 1. The van der Waals surface area contributed by atoms with Gasteiger partial charge in [0.15, 0.2) is 5.69 Å². The summed E-state index contributed by atoms with van der Waals surface area (Å²) in [6.45, 7) is 1.89. The van der Waals surface area contributed by atoms with Gasteiger partial charge in [0.2, 0.25) is 10.0 Å². The van der Waals surface area contributed by atoms with Crippen molar-refractivity contribution in [1.29, 1.82) is 0 Å². The molecule has 0 fully saturated rings. The normalized spacial score (nSPS) is 12.4. The van der Waals surface area contributed by atoms with Crippen molar-refractivity contribution in [1.82, 2.24) is 9.55 Å². The molecule has 0 saturated heterocycles. The number of nitrogens with two attached hydrogens (primary N) is 1. The fraction of sp³-hybridized carbons (Fsp3) is 0.167. The second-order valence-electron chi connectivity index (χ2n) is 6.25. The highest BCUT2D eigenvalue weighted by molar-refractivity contribution is 7.89. The highest BCUT2D eigenvalue weighted by Gasteiger charge is 2.35. The number of halogens is 4. The Kier molecular flexibility index (Phi) is 5.02. The molecule has 1 aromatic heterocycles. The molecule has 10 heteroatoms. The van der Waals surface area contributed by atoms with E-state index in [0.717, 1.165) is 23.9 Å². The predicted molar refractivity (Wildman–Crippen MR) is 94.3 cm³/mol. The molecule has 5 nitrogen and oxygen atoms in total. The van der Waals surface area contributed by atoms with Crippen molar-refractivity contribution in [3.8, 4) is 11.4 Å². The number of benzene rings is 2. The topological polar surface area (TPSA) is 78.0 Å². The average molecular weight is 413 g/mol. The molecule has 0 aliphatic rings. The molecule has 0 amide bonds. The second-order valence-corrected chi connectivity index (χ2v) is 7.81. The van der Waals surface area contributed by atoms with Gasteiger partial charge in [-0.25, -0.2) is 22.9 Å². The minimum atomic E-state index is -4.72. The average Bonchev–Trinajstić information content (AvgIpc) is 3.00. The third kappa shape index (κ3) is 4.23. The molecule has 0 aliphatic carbocycles. The van der Waals surface area contributed by atoms with Crippen molar-refractivity contribution < 1.29 is 26.0 Å². The first-order chi connectivity index (χ1) is 12.9. The van der Waals surface area contributed by atoms with E-state index in [2.05, 4.69) is 4.98 Å². The first-order valence-corrected chi connectivity index (χ1v) is 9.52. The molecule has 148 valence electrons. The van der Waals surface area contributed by atoms with E-state index in [-0.39, 0.29) is 17.9 Å². The Morgan fingerprint density at radius 2 is 1.75 bits per heavy atom. The Bertz CT molecular complexity index is 1120. The Morgan fingerprint density at radius 3 is 2.29 bits per heavy atom. The Morgan fingerprint density at radius 1 is 1.11 bits per heavy atom. The van der Waals surface area contributed by atoms with Crippen molar-refractivity contribution in [2.45, 2.75) is 24.5 Å². The molecule has 3 rings (SSSR count). The van der Waals surface area contributed by atoms with Crippen LogP contribution >= 0.6 is 0 Å². The number of sulfonamides is 1. The van der Waals surface area contributed by atoms with Crippen LogP contribution in [0.2, 0.25) is 0 Å². The Labute approximate surface area is 158 Å². The molecule has 2 aromatic carbocycles. The van der Waals surface area contributed by atoms with Gasteiger partial charge in [-0.3, -0.25) is 0 Å². The van der Waals surface area contributed by atoms with Crippen LogP contribution in [0.3, 0.4) is 0 Å². The van der Waals surface area contributed by atoms with Gasteiger partial charge in [0.25, 0.3) is 0 Å².